The van der Waals surface area contributed by atoms with Crippen LogP contribution in [0.1, 0.15) is 12.5 Å². The molecule has 26 heavy (non-hydrogen) atoms. The van der Waals surface area contributed by atoms with Gasteiger partial charge < -0.3 is 14.2 Å². The van der Waals surface area contributed by atoms with Crippen molar-refractivity contribution in [3.63, 3.8) is 0 Å². The number of benzene rings is 1. The first-order valence-electron chi connectivity index (χ1n) is 7.38. The van der Waals surface area contributed by atoms with Gasteiger partial charge in [0.15, 0.2) is 16.7 Å². The molecule has 1 aromatic carbocycles. The minimum atomic E-state index is -0.612. The Morgan fingerprint density at radius 1 is 1.38 bits per heavy atom. The number of hydrogen-bond donors (Lipinski definition) is 1. The van der Waals surface area contributed by atoms with Crippen molar-refractivity contribution in [1.29, 1.82) is 0 Å². The fraction of sp³-hybridized carbons (Fsp3) is 0.250. The number of ether oxygens (including phenoxy) is 3. The molecule has 1 heterocycles. The maximum Gasteiger partial charge on any atom is 0.331 e. The molecule has 2 rings (SSSR count). The van der Waals surface area contributed by atoms with Crippen molar-refractivity contribution < 1.29 is 23.8 Å². The largest absolute Gasteiger partial charge is 0.492 e. The highest BCUT2D eigenvalue weighted by atomic mass is 79.9. The topological polar surface area (TPSA) is 98.6 Å². The summed E-state index contributed by atoms with van der Waals surface area (Å²) >= 11 is 4.42. The Morgan fingerprint density at radius 3 is 2.81 bits per heavy atom. The van der Waals surface area contributed by atoms with Crippen molar-refractivity contribution in [2.45, 2.75) is 6.92 Å². The molecular formula is C16H16BrN3O5S. The summed E-state index contributed by atoms with van der Waals surface area (Å²) in [5, 5.41) is 10.7. The lowest BCUT2D eigenvalue weighted by molar-refractivity contribution is -0.135. The van der Waals surface area contributed by atoms with Crippen molar-refractivity contribution in [3.8, 4) is 11.5 Å². The first kappa shape index (κ1) is 20.0. The van der Waals surface area contributed by atoms with Gasteiger partial charge in [-0.1, -0.05) is 0 Å². The minimum Gasteiger partial charge on any atom is -0.492 e. The molecule has 0 spiro atoms. The van der Waals surface area contributed by atoms with E-state index in [2.05, 4.69) is 36.2 Å². The van der Waals surface area contributed by atoms with Gasteiger partial charge in [-0.2, -0.15) is 5.10 Å². The van der Waals surface area contributed by atoms with Gasteiger partial charge in [-0.3, -0.25) is 10.1 Å². The zero-order valence-corrected chi connectivity index (χ0v) is 16.6. The quantitative estimate of drug-likeness (QED) is 0.315. The van der Waals surface area contributed by atoms with Crippen molar-refractivity contribution in [2.75, 3.05) is 20.8 Å². The Hall–Kier alpha value is -2.33. The number of amides is 1. The fourth-order valence-electron chi connectivity index (χ4n) is 1.91. The van der Waals surface area contributed by atoms with Gasteiger partial charge >= 0.3 is 5.97 Å². The van der Waals surface area contributed by atoms with Crippen LogP contribution < -0.4 is 14.8 Å². The first-order chi connectivity index (χ1) is 12.5. The summed E-state index contributed by atoms with van der Waals surface area (Å²) in [6.45, 7) is 2.36. The summed E-state index contributed by atoms with van der Waals surface area (Å²) in [7, 11) is 2.79. The third kappa shape index (κ3) is 5.09. The molecule has 138 valence electrons. The average Bonchev–Trinajstić information content (AvgIpc) is 2.94. The standard InChI is InChI=1S/C16H16BrN3O5S/c1-4-25-11-6-9(5-10(17)14(11)24-3)8-18-20-16-19-15(22)12(26-16)7-13(21)23-2/h5-8H,4H2,1-3H3,(H,19,20,22)/b12-7+,18-8?. The number of rotatable bonds is 6. The number of carbonyl (C=O) groups is 2. The van der Waals surface area contributed by atoms with E-state index in [0.29, 0.717) is 22.6 Å². The molecule has 0 aromatic heterocycles. The molecule has 0 atom stereocenters. The summed E-state index contributed by atoms with van der Waals surface area (Å²) < 4.78 is 16.0. The van der Waals surface area contributed by atoms with Crippen LogP contribution in [-0.2, 0) is 14.3 Å². The maximum absolute atomic E-state index is 11.7. The van der Waals surface area contributed by atoms with Gasteiger partial charge in [-0.25, -0.2) is 4.79 Å². The van der Waals surface area contributed by atoms with Crippen LogP contribution in [0.25, 0.3) is 0 Å². The van der Waals surface area contributed by atoms with Gasteiger partial charge in [-0.05, 0) is 52.3 Å². The molecular weight excluding hydrogens is 426 g/mol. The smallest absolute Gasteiger partial charge is 0.331 e. The third-order valence-electron chi connectivity index (χ3n) is 2.99. The minimum absolute atomic E-state index is 0.191. The molecule has 1 aliphatic rings. The predicted octanol–water partition coefficient (Wildman–Crippen LogP) is 2.47. The third-order valence-corrected chi connectivity index (χ3v) is 4.48. The predicted molar refractivity (Wildman–Crippen MR) is 103 cm³/mol. The van der Waals surface area contributed by atoms with Crippen LogP contribution in [0.3, 0.4) is 0 Å². The molecule has 1 saturated heterocycles. The van der Waals surface area contributed by atoms with E-state index in [-0.39, 0.29) is 10.1 Å². The lowest BCUT2D eigenvalue weighted by Crippen LogP contribution is -2.19. The van der Waals surface area contributed by atoms with Crippen LogP contribution in [0.5, 0.6) is 11.5 Å². The number of carbonyl (C=O) groups excluding carboxylic acids is 2. The molecule has 0 bridgehead atoms. The molecule has 1 fully saturated rings. The van der Waals surface area contributed by atoms with Crippen molar-refractivity contribution in [2.24, 2.45) is 10.2 Å². The van der Waals surface area contributed by atoms with Crippen LogP contribution in [0, 0.1) is 0 Å². The Balaban J connectivity index is 2.15. The highest BCUT2D eigenvalue weighted by molar-refractivity contribution is 9.10. The monoisotopic (exact) mass is 441 g/mol. The second-order valence-corrected chi connectivity index (χ2v) is 6.59. The van der Waals surface area contributed by atoms with E-state index in [0.717, 1.165) is 23.4 Å². The summed E-state index contributed by atoms with van der Waals surface area (Å²) in [4.78, 5) is 23.1. The van der Waals surface area contributed by atoms with E-state index in [9.17, 15) is 9.59 Å². The lowest BCUT2D eigenvalue weighted by atomic mass is 10.2. The van der Waals surface area contributed by atoms with E-state index >= 15 is 0 Å². The van der Waals surface area contributed by atoms with Crippen LogP contribution in [0.4, 0.5) is 0 Å². The van der Waals surface area contributed by atoms with E-state index in [1.165, 1.54) is 13.3 Å². The summed E-state index contributed by atoms with van der Waals surface area (Å²) in [5.74, 6) is 0.121. The number of halogens is 1. The second kappa shape index (κ2) is 9.39. The second-order valence-electron chi connectivity index (χ2n) is 4.70. The number of nitrogens with one attached hydrogen (secondary N) is 1. The van der Waals surface area contributed by atoms with Gasteiger partial charge in [0, 0.05) is 6.08 Å². The fourth-order valence-corrected chi connectivity index (χ4v) is 3.27. The summed E-state index contributed by atoms with van der Waals surface area (Å²) in [6.07, 6.45) is 2.61. The van der Waals surface area contributed by atoms with Gasteiger partial charge in [0.05, 0.1) is 36.4 Å². The Bertz CT molecular complexity index is 807. The lowest BCUT2D eigenvalue weighted by Gasteiger charge is -2.11. The van der Waals surface area contributed by atoms with Gasteiger partial charge in [0.2, 0.25) is 0 Å². The summed E-state index contributed by atoms with van der Waals surface area (Å²) in [5.41, 5.74) is 0.727. The highest BCUT2D eigenvalue weighted by Crippen LogP contribution is 2.36. The molecule has 0 aliphatic carbocycles. The van der Waals surface area contributed by atoms with Crippen molar-refractivity contribution in [3.05, 3.63) is 33.2 Å². The first-order valence-corrected chi connectivity index (χ1v) is 8.99. The normalized spacial score (nSPS) is 17.0. The molecule has 1 aliphatic heterocycles. The van der Waals surface area contributed by atoms with Crippen LogP contribution in [0.2, 0.25) is 0 Å². The SMILES string of the molecule is CCOc1cc(C=N/N=C2/NC(=O)/C(=C\C(=O)OC)S2)cc(Br)c1OC. The molecule has 8 nitrogen and oxygen atoms in total. The molecule has 1 aromatic rings. The summed E-state index contributed by atoms with van der Waals surface area (Å²) in [6, 6.07) is 3.56. The van der Waals surface area contributed by atoms with E-state index in [1.54, 1.807) is 19.2 Å². The zero-order valence-electron chi connectivity index (χ0n) is 14.2. The zero-order chi connectivity index (χ0) is 19.1. The molecule has 1 N–H and O–H groups in total. The molecule has 1 amide bonds. The molecule has 0 unspecified atom stereocenters. The van der Waals surface area contributed by atoms with Crippen LogP contribution in [-0.4, -0.2) is 44.1 Å². The van der Waals surface area contributed by atoms with Crippen molar-refractivity contribution >= 4 is 51.0 Å². The molecule has 0 saturated carbocycles. The Labute approximate surface area is 162 Å². The number of thioether (sulfide) groups is 1. The highest BCUT2D eigenvalue weighted by Gasteiger charge is 2.25. The van der Waals surface area contributed by atoms with E-state index < -0.39 is 11.9 Å². The number of amidine groups is 1. The van der Waals surface area contributed by atoms with E-state index in [4.69, 9.17) is 9.47 Å². The number of esters is 1. The average molecular weight is 442 g/mol. The number of methoxy groups -OCH3 is 2. The van der Waals surface area contributed by atoms with Crippen molar-refractivity contribution in [1.82, 2.24) is 5.32 Å². The maximum atomic E-state index is 11.7. The molecule has 0 radical (unpaired) electrons. The number of nitrogens with zero attached hydrogens (tertiary/aromatic N) is 2. The van der Waals surface area contributed by atoms with Gasteiger partial charge in [-0.15, -0.1) is 5.10 Å². The van der Waals surface area contributed by atoms with E-state index in [1.807, 2.05) is 6.92 Å². The van der Waals surface area contributed by atoms with Crippen LogP contribution in [0.15, 0.2) is 37.8 Å². The number of hydrogen-bond acceptors (Lipinski definition) is 8. The van der Waals surface area contributed by atoms with Gasteiger partial charge in [0.1, 0.15) is 0 Å². The van der Waals surface area contributed by atoms with Crippen LogP contribution >= 0.6 is 27.7 Å². The Kier molecular flexibility index (Phi) is 7.22. The molecule has 10 heteroatoms. The Morgan fingerprint density at radius 2 is 2.15 bits per heavy atom. The van der Waals surface area contributed by atoms with Gasteiger partial charge in [0.25, 0.3) is 5.91 Å².